The Bertz CT molecular complexity index is 1160. The van der Waals surface area contributed by atoms with Crippen LogP contribution in [0.2, 0.25) is 0 Å². The molecule has 2 rings (SSSR count). The highest BCUT2D eigenvalue weighted by atomic mass is 16.5. The van der Waals surface area contributed by atoms with E-state index in [1.54, 1.807) is 0 Å². The minimum Gasteiger partial charge on any atom is -0.491 e. The third-order valence-corrected chi connectivity index (χ3v) is 12.4. The van der Waals surface area contributed by atoms with Crippen LogP contribution in [0.1, 0.15) is 254 Å². The number of hydrogen-bond donors (Lipinski definition) is 2. The molecule has 0 saturated heterocycles. The van der Waals surface area contributed by atoms with Gasteiger partial charge < -0.3 is 19.7 Å². The summed E-state index contributed by atoms with van der Waals surface area (Å²) in [6, 6.07) is 9.78. The Balaban J connectivity index is 2.55. The fraction of sp³-hybridized carbons (Fsp3) is 0.778. The third kappa shape index (κ3) is 22.5. The molecule has 0 aliphatic rings. The molecule has 2 aromatic carbocycles. The molecule has 0 atom stereocenters. The molecule has 0 amide bonds. The van der Waals surface area contributed by atoms with Crippen LogP contribution >= 0.6 is 0 Å². The molecule has 58 heavy (non-hydrogen) atoms. The number of ether oxygens (including phenoxy) is 2. The van der Waals surface area contributed by atoms with E-state index < -0.39 is 0 Å². The maximum absolute atomic E-state index is 10.0. The van der Waals surface area contributed by atoms with Gasteiger partial charge in [0.25, 0.3) is 0 Å². The first-order chi connectivity index (χ1) is 28.5. The van der Waals surface area contributed by atoms with E-state index >= 15 is 0 Å². The Morgan fingerprint density at radius 1 is 0.379 bits per heavy atom. The van der Waals surface area contributed by atoms with Crippen LogP contribution in [0.5, 0.6) is 11.5 Å². The number of aliphatic hydroxyl groups excluding tert-OH is 2. The Labute approximate surface area is 360 Å². The standard InChI is InChI=1S/C54H94O4/c1-6-10-14-18-22-26-30-34-47-42-49(36-32-28-24-20-16-12-8-3)53(57-40-38-55)51(44-47)46(5)52-45-48(35-31-27-23-19-15-11-7-2)43-50(54(52)58-41-39-56)37-33-29-25-21-17-13-9-4/h42-46,55-56H,6-41H2,1-5H3. The second kappa shape index (κ2) is 35.7. The molecule has 4 heteroatoms. The summed E-state index contributed by atoms with van der Waals surface area (Å²) in [5.74, 6) is 2.01. The number of rotatable bonds is 40. The lowest BCUT2D eigenvalue weighted by Crippen LogP contribution is -2.13. The summed E-state index contributed by atoms with van der Waals surface area (Å²) in [6.45, 7) is 12.1. The van der Waals surface area contributed by atoms with E-state index in [1.165, 1.54) is 200 Å². The fourth-order valence-electron chi connectivity index (χ4n) is 8.80. The summed E-state index contributed by atoms with van der Waals surface area (Å²) in [5.41, 5.74) is 7.93. The normalized spacial score (nSPS) is 11.6. The molecule has 0 saturated carbocycles. The molecule has 0 aliphatic carbocycles. The molecule has 4 nitrogen and oxygen atoms in total. The smallest absolute Gasteiger partial charge is 0.126 e. The highest BCUT2D eigenvalue weighted by Gasteiger charge is 2.24. The van der Waals surface area contributed by atoms with Crippen LogP contribution in [0.4, 0.5) is 0 Å². The van der Waals surface area contributed by atoms with Crippen LogP contribution < -0.4 is 9.47 Å². The van der Waals surface area contributed by atoms with Crippen molar-refractivity contribution in [1.82, 2.24) is 0 Å². The second-order valence-corrected chi connectivity index (χ2v) is 17.7. The maximum atomic E-state index is 10.0. The van der Waals surface area contributed by atoms with Gasteiger partial charge in [-0.05, 0) is 73.6 Å². The van der Waals surface area contributed by atoms with E-state index in [2.05, 4.69) is 58.9 Å². The van der Waals surface area contributed by atoms with Crippen molar-refractivity contribution < 1.29 is 19.7 Å². The van der Waals surface area contributed by atoms with Gasteiger partial charge in [-0.25, -0.2) is 0 Å². The number of unbranched alkanes of at least 4 members (excludes halogenated alkanes) is 24. The van der Waals surface area contributed by atoms with Crippen molar-refractivity contribution >= 4 is 0 Å². The van der Waals surface area contributed by atoms with Crippen molar-refractivity contribution in [3.05, 3.63) is 57.6 Å². The fourth-order valence-corrected chi connectivity index (χ4v) is 8.80. The number of aryl methyl sites for hydroxylation is 4. The van der Waals surface area contributed by atoms with Crippen LogP contribution in [0.15, 0.2) is 24.3 Å². The summed E-state index contributed by atoms with van der Waals surface area (Å²) in [7, 11) is 0. The zero-order valence-corrected chi connectivity index (χ0v) is 39.1. The summed E-state index contributed by atoms with van der Waals surface area (Å²) in [4.78, 5) is 0. The molecule has 2 N–H and O–H groups in total. The Morgan fingerprint density at radius 3 is 0.948 bits per heavy atom. The van der Waals surface area contributed by atoms with Gasteiger partial charge in [-0.1, -0.05) is 213 Å². The lowest BCUT2D eigenvalue weighted by Gasteiger charge is -2.26. The van der Waals surface area contributed by atoms with Gasteiger partial charge in [-0.2, -0.15) is 0 Å². The summed E-state index contributed by atoms with van der Waals surface area (Å²) < 4.78 is 13.2. The summed E-state index contributed by atoms with van der Waals surface area (Å²) in [5, 5.41) is 20.1. The molecular weight excluding hydrogens is 713 g/mol. The number of benzene rings is 2. The minimum absolute atomic E-state index is 0.00581. The third-order valence-electron chi connectivity index (χ3n) is 12.4. The molecular formula is C54H94O4. The highest BCUT2D eigenvalue weighted by molar-refractivity contribution is 5.55. The van der Waals surface area contributed by atoms with Gasteiger partial charge in [-0.3, -0.25) is 0 Å². The predicted octanol–water partition coefficient (Wildman–Crippen LogP) is 15.8. The average Bonchev–Trinajstić information content (AvgIpc) is 3.23. The first-order valence-corrected chi connectivity index (χ1v) is 25.3. The Hall–Kier alpha value is -2.04. The molecule has 0 radical (unpaired) electrons. The minimum atomic E-state index is 0.00581. The summed E-state index contributed by atoms with van der Waals surface area (Å²) in [6.07, 6.45) is 40.6. The lowest BCUT2D eigenvalue weighted by atomic mass is 9.84. The predicted molar refractivity (Wildman–Crippen MR) is 252 cm³/mol. The largest absolute Gasteiger partial charge is 0.491 e. The summed E-state index contributed by atoms with van der Waals surface area (Å²) >= 11 is 0. The van der Waals surface area contributed by atoms with Crippen molar-refractivity contribution in [3.8, 4) is 11.5 Å². The van der Waals surface area contributed by atoms with Gasteiger partial charge in [-0.15, -0.1) is 0 Å². The van der Waals surface area contributed by atoms with Gasteiger partial charge >= 0.3 is 0 Å². The molecule has 0 aliphatic heterocycles. The van der Waals surface area contributed by atoms with Crippen molar-refractivity contribution in [2.24, 2.45) is 0 Å². The quantitative estimate of drug-likeness (QED) is 0.0659. The van der Waals surface area contributed by atoms with Crippen molar-refractivity contribution in [2.75, 3.05) is 26.4 Å². The first kappa shape index (κ1) is 52.1. The average molecular weight is 807 g/mol. The lowest BCUT2D eigenvalue weighted by molar-refractivity contribution is 0.197. The number of aliphatic hydroxyl groups is 2. The van der Waals surface area contributed by atoms with Crippen LogP contribution in [0.25, 0.3) is 0 Å². The van der Waals surface area contributed by atoms with Crippen LogP contribution in [-0.4, -0.2) is 36.6 Å². The van der Waals surface area contributed by atoms with Crippen molar-refractivity contribution in [1.29, 1.82) is 0 Å². The van der Waals surface area contributed by atoms with E-state index in [4.69, 9.17) is 9.47 Å². The highest BCUT2D eigenvalue weighted by Crippen LogP contribution is 2.42. The molecule has 0 fully saturated rings. The van der Waals surface area contributed by atoms with Gasteiger partial charge in [0.1, 0.15) is 24.7 Å². The topological polar surface area (TPSA) is 58.9 Å². The van der Waals surface area contributed by atoms with E-state index in [1.807, 2.05) is 0 Å². The van der Waals surface area contributed by atoms with Crippen LogP contribution in [0, 0.1) is 0 Å². The van der Waals surface area contributed by atoms with Crippen LogP contribution in [0.3, 0.4) is 0 Å². The maximum Gasteiger partial charge on any atom is 0.126 e. The van der Waals surface area contributed by atoms with Gasteiger partial charge in [0, 0.05) is 17.0 Å². The molecule has 0 bridgehead atoms. The molecule has 0 spiro atoms. The zero-order chi connectivity index (χ0) is 41.9. The molecule has 2 aromatic rings. The monoisotopic (exact) mass is 807 g/mol. The molecule has 0 unspecified atom stereocenters. The van der Waals surface area contributed by atoms with Gasteiger partial charge in [0.15, 0.2) is 0 Å². The van der Waals surface area contributed by atoms with E-state index in [-0.39, 0.29) is 19.1 Å². The first-order valence-electron chi connectivity index (χ1n) is 25.3. The molecule has 334 valence electrons. The van der Waals surface area contributed by atoms with E-state index in [9.17, 15) is 10.2 Å². The van der Waals surface area contributed by atoms with E-state index in [0.29, 0.717) is 13.2 Å². The van der Waals surface area contributed by atoms with Crippen molar-refractivity contribution in [2.45, 2.75) is 246 Å². The second-order valence-electron chi connectivity index (χ2n) is 17.7. The Kier molecular flexibility index (Phi) is 32.1. The van der Waals surface area contributed by atoms with Crippen molar-refractivity contribution in [3.63, 3.8) is 0 Å². The van der Waals surface area contributed by atoms with E-state index in [0.717, 1.165) is 50.0 Å². The zero-order valence-electron chi connectivity index (χ0n) is 39.1. The van der Waals surface area contributed by atoms with Crippen LogP contribution in [-0.2, 0) is 25.7 Å². The van der Waals surface area contributed by atoms with Gasteiger partial charge in [0.05, 0.1) is 13.2 Å². The number of hydrogen-bond acceptors (Lipinski definition) is 4. The van der Waals surface area contributed by atoms with Gasteiger partial charge in [0.2, 0.25) is 0 Å². The molecule has 0 heterocycles. The molecule has 0 aromatic heterocycles. The Morgan fingerprint density at radius 2 is 0.655 bits per heavy atom. The SMILES string of the molecule is CCCCCCCCCc1cc(CCCCCCCCC)c(OCCO)c(C(C)c2cc(CCCCCCCCC)cc(CCCCCCCCC)c2OCCO)c1.